The highest BCUT2D eigenvalue weighted by Gasteiger charge is 2.21. The van der Waals surface area contributed by atoms with Gasteiger partial charge in [0, 0.05) is 27.7 Å². The van der Waals surface area contributed by atoms with E-state index in [1.807, 2.05) is 0 Å². The molecule has 0 aliphatic carbocycles. The van der Waals surface area contributed by atoms with Gasteiger partial charge in [-0.3, -0.25) is 9.59 Å². The minimum absolute atomic E-state index is 0.0165. The highest BCUT2D eigenvalue weighted by molar-refractivity contribution is 7.24. The van der Waals surface area contributed by atoms with E-state index in [9.17, 15) is 28.4 Å². The van der Waals surface area contributed by atoms with E-state index in [2.05, 4.69) is 18.5 Å². The predicted octanol–water partition coefficient (Wildman–Crippen LogP) is 4.59. The van der Waals surface area contributed by atoms with Crippen molar-refractivity contribution in [3.8, 4) is 5.75 Å². The van der Waals surface area contributed by atoms with Crippen molar-refractivity contribution >= 4 is 55.5 Å². The van der Waals surface area contributed by atoms with Gasteiger partial charge in [0.2, 0.25) is 0 Å². The highest BCUT2D eigenvalue weighted by atomic mass is 32.1. The van der Waals surface area contributed by atoms with Crippen LogP contribution in [-0.4, -0.2) is 63.1 Å². The number of nitrogens with one attached hydrogen (secondary N) is 1. The first-order chi connectivity index (χ1) is 21.0. The van der Waals surface area contributed by atoms with Crippen LogP contribution in [0.2, 0.25) is 0 Å². The third-order valence-corrected chi connectivity index (χ3v) is 7.02. The molecule has 1 aromatic heterocycles. The Morgan fingerprint density at radius 2 is 1.61 bits per heavy atom. The van der Waals surface area contributed by atoms with Crippen molar-refractivity contribution in [2.24, 2.45) is 0 Å². The number of rotatable bonds is 15. The van der Waals surface area contributed by atoms with Crippen molar-refractivity contribution < 1.29 is 47.3 Å². The number of fused-ring (bicyclic) bond motifs is 2. The summed E-state index contributed by atoms with van der Waals surface area (Å²) >= 11 is 1.16. The number of hydrogen-bond acceptors (Lipinski definition) is 11. The number of hydrogen-bond donors (Lipinski definition) is 1. The number of carbonyl (C=O) groups is 4. The fourth-order valence-corrected chi connectivity index (χ4v) is 4.79. The molecule has 0 spiro atoms. The molecule has 0 saturated heterocycles. The van der Waals surface area contributed by atoms with Crippen molar-refractivity contribution in [2.45, 2.75) is 32.8 Å². The van der Waals surface area contributed by atoms with Gasteiger partial charge in [0.25, 0.3) is 0 Å². The zero-order valence-electron chi connectivity index (χ0n) is 24.3. The summed E-state index contributed by atoms with van der Waals surface area (Å²) in [5, 5.41) is 2.65. The van der Waals surface area contributed by atoms with Crippen LogP contribution in [0.15, 0.2) is 65.5 Å². The normalized spacial score (nSPS) is 11.3. The van der Waals surface area contributed by atoms with E-state index < -0.39 is 48.0 Å². The van der Waals surface area contributed by atoms with E-state index in [1.54, 1.807) is 24.3 Å². The lowest BCUT2D eigenvalue weighted by atomic mass is 10.1. The van der Waals surface area contributed by atoms with E-state index in [0.717, 1.165) is 17.4 Å². The second-order valence-electron chi connectivity index (χ2n) is 9.56. The number of amides is 1. The molecule has 0 saturated carbocycles. The standard InChI is InChI=1S/C31H32FNO10S/c1-18(2)29(36)39-14-7-10-25(34)42-17-20(43-31(38)33-13-15-40-30(37)19(3)4)16-41-23-12-11-22(32)26-27(35)21-8-5-6-9-24(21)44-28(23)26/h5-6,8-9,11-12,20H,1,3,7,10,13-17H2,2,4H3,(H,33,38). The maximum Gasteiger partial charge on any atom is 0.407 e. The van der Waals surface area contributed by atoms with E-state index in [4.69, 9.17) is 23.7 Å². The van der Waals surface area contributed by atoms with Gasteiger partial charge in [0.15, 0.2) is 11.5 Å². The van der Waals surface area contributed by atoms with Crippen LogP contribution in [0.4, 0.5) is 9.18 Å². The number of esters is 3. The minimum Gasteiger partial charge on any atom is -0.488 e. The molecular weight excluding hydrogens is 597 g/mol. The first kappa shape index (κ1) is 33.7. The molecule has 11 nitrogen and oxygen atoms in total. The molecular formula is C31H32FNO10S. The van der Waals surface area contributed by atoms with Crippen LogP contribution in [0.25, 0.3) is 20.2 Å². The molecule has 234 valence electrons. The summed E-state index contributed by atoms with van der Waals surface area (Å²) in [4.78, 5) is 60.7. The van der Waals surface area contributed by atoms with Gasteiger partial charge < -0.3 is 29.0 Å². The lowest BCUT2D eigenvalue weighted by Gasteiger charge is -2.19. The minimum atomic E-state index is -1.13. The van der Waals surface area contributed by atoms with E-state index in [-0.39, 0.29) is 66.2 Å². The van der Waals surface area contributed by atoms with Crippen LogP contribution in [0.5, 0.6) is 5.75 Å². The molecule has 1 atom stereocenters. The summed E-state index contributed by atoms with van der Waals surface area (Å²) < 4.78 is 42.0. The molecule has 1 N–H and O–H groups in total. The molecule has 13 heteroatoms. The molecule has 1 amide bonds. The Kier molecular flexibility index (Phi) is 12.4. The quantitative estimate of drug-likeness (QED) is 0.0834. The van der Waals surface area contributed by atoms with Crippen LogP contribution < -0.4 is 15.5 Å². The van der Waals surface area contributed by atoms with Crippen molar-refractivity contribution in [3.63, 3.8) is 0 Å². The number of ether oxygens (including phenoxy) is 5. The average molecular weight is 630 g/mol. The molecule has 0 aliphatic rings. The summed E-state index contributed by atoms with van der Waals surface area (Å²) in [6.07, 6.45) is -1.93. The second-order valence-corrected chi connectivity index (χ2v) is 10.6. The van der Waals surface area contributed by atoms with Crippen LogP contribution in [0, 0.1) is 5.82 Å². The average Bonchev–Trinajstić information content (AvgIpc) is 2.99. The van der Waals surface area contributed by atoms with Gasteiger partial charge in [-0.1, -0.05) is 25.3 Å². The first-order valence-corrected chi connectivity index (χ1v) is 14.3. The van der Waals surface area contributed by atoms with E-state index in [1.165, 1.54) is 19.9 Å². The number of halogens is 1. The van der Waals surface area contributed by atoms with E-state index in [0.29, 0.717) is 10.1 Å². The fourth-order valence-electron chi connectivity index (χ4n) is 3.63. The SMILES string of the molecule is C=C(C)C(=O)OCCCC(=O)OCC(COc1ccc(F)c2c(=O)c3ccccc3sc12)OC(=O)NCCOC(=O)C(=C)C. The smallest absolute Gasteiger partial charge is 0.407 e. The summed E-state index contributed by atoms with van der Waals surface area (Å²) in [6.45, 7) is 8.97. The Morgan fingerprint density at radius 1 is 0.932 bits per heavy atom. The number of carbonyl (C=O) groups excluding carboxylic acids is 4. The van der Waals surface area contributed by atoms with Crippen molar-refractivity contribution in [2.75, 3.05) is 33.0 Å². The Morgan fingerprint density at radius 3 is 2.32 bits per heavy atom. The van der Waals surface area contributed by atoms with Gasteiger partial charge in [0.1, 0.15) is 31.4 Å². The van der Waals surface area contributed by atoms with Crippen LogP contribution >= 0.6 is 11.3 Å². The molecule has 3 aromatic rings. The molecule has 0 aliphatic heterocycles. The third kappa shape index (κ3) is 9.63. The molecule has 3 rings (SSSR count). The van der Waals surface area contributed by atoms with Crippen molar-refractivity contribution in [1.29, 1.82) is 0 Å². The monoisotopic (exact) mass is 629 g/mol. The summed E-state index contributed by atoms with van der Waals surface area (Å²) in [6, 6.07) is 9.25. The van der Waals surface area contributed by atoms with Crippen LogP contribution in [0.1, 0.15) is 26.7 Å². The van der Waals surface area contributed by atoms with E-state index >= 15 is 0 Å². The number of benzene rings is 2. The van der Waals surface area contributed by atoms with Gasteiger partial charge in [-0.25, -0.2) is 18.8 Å². The highest BCUT2D eigenvalue weighted by Crippen LogP contribution is 2.33. The topological polar surface area (TPSA) is 144 Å². The van der Waals surface area contributed by atoms with Crippen molar-refractivity contribution in [1.82, 2.24) is 5.32 Å². The Hall–Kier alpha value is -4.78. The van der Waals surface area contributed by atoms with Gasteiger partial charge in [0.05, 0.1) is 23.2 Å². The summed E-state index contributed by atoms with van der Waals surface area (Å²) in [5.41, 5.74) is -0.0548. The Balaban J connectivity index is 1.68. The fraction of sp³-hybridized carbons (Fsp3) is 0.323. The maximum absolute atomic E-state index is 14.7. The van der Waals surface area contributed by atoms with Gasteiger partial charge in [-0.05, 0) is 44.5 Å². The Labute approximate surface area is 256 Å². The zero-order chi connectivity index (χ0) is 32.2. The molecule has 0 fully saturated rings. The second kappa shape index (κ2) is 16.2. The van der Waals surface area contributed by atoms with Crippen LogP contribution in [0.3, 0.4) is 0 Å². The largest absolute Gasteiger partial charge is 0.488 e. The number of alkyl carbamates (subject to hydrolysis) is 1. The zero-order valence-corrected chi connectivity index (χ0v) is 25.1. The lowest BCUT2D eigenvalue weighted by molar-refractivity contribution is -0.148. The van der Waals surface area contributed by atoms with Gasteiger partial charge in [-0.15, -0.1) is 11.3 Å². The maximum atomic E-state index is 14.7. The summed E-state index contributed by atoms with van der Waals surface area (Å²) in [5.74, 6) is -2.37. The molecule has 44 heavy (non-hydrogen) atoms. The third-order valence-electron chi connectivity index (χ3n) is 5.83. The summed E-state index contributed by atoms with van der Waals surface area (Å²) in [7, 11) is 0. The van der Waals surface area contributed by atoms with Gasteiger partial charge in [-0.2, -0.15) is 0 Å². The molecule has 1 heterocycles. The first-order valence-electron chi connectivity index (χ1n) is 13.5. The van der Waals surface area contributed by atoms with Crippen LogP contribution in [-0.2, 0) is 33.3 Å². The van der Waals surface area contributed by atoms with Crippen molar-refractivity contribution in [3.05, 3.63) is 76.7 Å². The molecule has 0 radical (unpaired) electrons. The molecule has 0 bridgehead atoms. The van der Waals surface area contributed by atoms with Gasteiger partial charge >= 0.3 is 24.0 Å². The predicted molar refractivity (Wildman–Crippen MR) is 161 cm³/mol. The lowest BCUT2D eigenvalue weighted by Crippen LogP contribution is -2.37. The molecule has 1 unspecified atom stereocenters. The molecule has 2 aromatic carbocycles. The Bertz CT molecular complexity index is 1630.